The first-order valence-electron chi connectivity index (χ1n) is 6.09. The minimum Gasteiger partial charge on any atom is -0.383 e. The molecule has 94 valence electrons. The summed E-state index contributed by atoms with van der Waals surface area (Å²) in [4.78, 5) is 8.71. The Morgan fingerprint density at radius 2 is 1.79 bits per heavy atom. The van der Waals surface area contributed by atoms with E-state index in [-0.39, 0.29) is 0 Å². The Kier molecular flexibility index (Phi) is 2.85. The molecule has 0 saturated carbocycles. The summed E-state index contributed by atoms with van der Waals surface area (Å²) in [6, 6.07) is 14.2. The smallest absolute Gasteiger partial charge is 0.162 e. The van der Waals surface area contributed by atoms with Crippen LogP contribution < -0.4 is 11.5 Å². The molecule has 0 aliphatic carbocycles. The van der Waals surface area contributed by atoms with Gasteiger partial charge in [0.05, 0.1) is 0 Å². The Morgan fingerprint density at radius 3 is 2.58 bits per heavy atom. The second-order valence-corrected chi connectivity index (χ2v) is 4.33. The van der Waals surface area contributed by atoms with Crippen molar-refractivity contribution in [2.24, 2.45) is 5.73 Å². The molecule has 0 amide bonds. The van der Waals surface area contributed by atoms with Gasteiger partial charge in [-0.15, -0.1) is 0 Å². The van der Waals surface area contributed by atoms with E-state index in [0.29, 0.717) is 18.2 Å². The quantitative estimate of drug-likeness (QED) is 0.731. The van der Waals surface area contributed by atoms with Crippen LogP contribution in [0.4, 0.5) is 5.82 Å². The monoisotopic (exact) mass is 250 g/mol. The highest BCUT2D eigenvalue weighted by Gasteiger charge is 2.08. The zero-order valence-corrected chi connectivity index (χ0v) is 10.4. The zero-order chi connectivity index (χ0) is 13.2. The van der Waals surface area contributed by atoms with Crippen LogP contribution in [0.5, 0.6) is 0 Å². The normalized spacial score (nSPS) is 10.8. The van der Waals surface area contributed by atoms with Gasteiger partial charge in [-0.25, -0.2) is 9.97 Å². The molecule has 4 heteroatoms. The Bertz CT molecular complexity index is 732. The van der Waals surface area contributed by atoms with E-state index in [9.17, 15) is 0 Å². The third-order valence-electron chi connectivity index (χ3n) is 3.15. The number of aromatic nitrogens is 2. The molecule has 0 fully saturated rings. The number of rotatable bonds is 2. The van der Waals surface area contributed by atoms with Crippen molar-refractivity contribution >= 4 is 16.6 Å². The van der Waals surface area contributed by atoms with Crippen LogP contribution in [0.15, 0.2) is 48.7 Å². The second-order valence-electron chi connectivity index (χ2n) is 4.33. The zero-order valence-electron chi connectivity index (χ0n) is 10.4. The van der Waals surface area contributed by atoms with Crippen molar-refractivity contribution in [2.75, 3.05) is 5.73 Å². The fraction of sp³-hybridized carbons (Fsp3) is 0.0667. The van der Waals surface area contributed by atoms with Gasteiger partial charge in [-0.3, -0.25) is 0 Å². The molecule has 3 rings (SSSR count). The first-order chi connectivity index (χ1) is 9.29. The van der Waals surface area contributed by atoms with Gasteiger partial charge in [0.1, 0.15) is 5.82 Å². The fourth-order valence-electron chi connectivity index (χ4n) is 2.13. The Labute approximate surface area is 111 Å². The third kappa shape index (κ3) is 2.02. The van der Waals surface area contributed by atoms with Crippen LogP contribution >= 0.6 is 0 Å². The van der Waals surface area contributed by atoms with E-state index in [1.165, 1.54) is 0 Å². The standard InChI is InChI=1S/C15H14N4/c16-8-11-9-18-15(19-14(11)17)13-7-3-5-10-4-1-2-6-12(10)13/h1-7,9H,8,16H2,(H2,17,18,19). The number of nitrogen functional groups attached to an aromatic ring is 1. The average Bonchev–Trinajstić information content (AvgIpc) is 2.46. The largest absolute Gasteiger partial charge is 0.383 e. The molecule has 0 atom stereocenters. The van der Waals surface area contributed by atoms with Crippen molar-refractivity contribution in [3.63, 3.8) is 0 Å². The molecule has 0 bridgehead atoms. The molecule has 0 saturated heterocycles. The molecule has 0 radical (unpaired) electrons. The summed E-state index contributed by atoms with van der Waals surface area (Å²) >= 11 is 0. The molecule has 0 unspecified atom stereocenters. The fourth-order valence-corrected chi connectivity index (χ4v) is 2.13. The molecule has 3 aromatic rings. The Hall–Kier alpha value is -2.46. The first kappa shape index (κ1) is 11.6. The lowest BCUT2D eigenvalue weighted by Crippen LogP contribution is -2.05. The van der Waals surface area contributed by atoms with Crippen LogP contribution in [0.3, 0.4) is 0 Å². The molecule has 2 aromatic carbocycles. The number of fused-ring (bicyclic) bond motifs is 1. The summed E-state index contributed by atoms with van der Waals surface area (Å²) < 4.78 is 0. The van der Waals surface area contributed by atoms with Crippen LogP contribution in [0, 0.1) is 0 Å². The predicted octanol–water partition coefficient (Wildman–Crippen LogP) is 2.34. The van der Waals surface area contributed by atoms with Crippen LogP contribution in [0.2, 0.25) is 0 Å². The number of nitrogens with zero attached hydrogens (tertiary/aromatic N) is 2. The maximum Gasteiger partial charge on any atom is 0.162 e. The minimum atomic E-state index is 0.349. The van der Waals surface area contributed by atoms with Crippen molar-refractivity contribution in [3.8, 4) is 11.4 Å². The van der Waals surface area contributed by atoms with Crippen molar-refractivity contribution in [2.45, 2.75) is 6.54 Å². The summed E-state index contributed by atoms with van der Waals surface area (Å²) in [6.45, 7) is 0.349. The molecule has 4 nitrogen and oxygen atoms in total. The summed E-state index contributed by atoms with van der Waals surface area (Å²) in [5, 5.41) is 2.27. The number of nitrogens with two attached hydrogens (primary N) is 2. The molecule has 4 N–H and O–H groups in total. The molecule has 19 heavy (non-hydrogen) atoms. The lowest BCUT2D eigenvalue weighted by atomic mass is 10.0. The highest BCUT2D eigenvalue weighted by Crippen LogP contribution is 2.26. The predicted molar refractivity (Wildman–Crippen MR) is 77.3 cm³/mol. The lowest BCUT2D eigenvalue weighted by molar-refractivity contribution is 1.02. The maximum atomic E-state index is 5.88. The highest BCUT2D eigenvalue weighted by atomic mass is 14.9. The van der Waals surface area contributed by atoms with Gasteiger partial charge in [0.2, 0.25) is 0 Å². The number of anilines is 1. The van der Waals surface area contributed by atoms with E-state index in [1.54, 1.807) is 6.20 Å². The van der Waals surface area contributed by atoms with Crippen molar-refractivity contribution in [3.05, 3.63) is 54.2 Å². The van der Waals surface area contributed by atoms with E-state index in [0.717, 1.165) is 21.9 Å². The van der Waals surface area contributed by atoms with Crippen LogP contribution in [-0.4, -0.2) is 9.97 Å². The second kappa shape index (κ2) is 4.66. The van der Waals surface area contributed by atoms with E-state index in [4.69, 9.17) is 11.5 Å². The van der Waals surface area contributed by atoms with E-state index >= 15 is 0 Å². The number of benzene rings is 2. The van der Waals surface area contributed by atoms with E-state index in [2.05, 4.69) is 28.2 Å². The topological polar surface area (TPSA) is 77.8 Å². The molecule has 0 aliphatic rings. The molecule has 1 aromatic heterocycles. The van der Waals surface area contributed by atoms with Crippen molar-refractivity contribution in [1.29, 1.82) is 0 Å². The van der Waals surface area contributed by atoms with Gasteiger partial charge in [0.25, 0.3) is 0 Å². The number of hydrogen-bond donors (Lipinski definition) is 2. The molecule has 1 heterocycles. The Morgan fingerprint density at radius 1 is 1.00 bits per heavy atom. The SMILES string of the molecule is NCc1cnc(-c2cccc3ccccc23)nc1N. The summed E-state index contributed by atoms with van der Waals surface area (Å²) in [7, 11) is 0. The van der Waals surface area contributed by atoms with E-state index < -0.39 is 0 Å². The third-order valence-corrected chi connectivity index (χ3v) is 3.15. The summed E-state index contributed by atoms with van der Waals surface area (Å²) in [5.41, 5.74) is 13.2. The van der Waals surface area contributed by atoms with Gasteiger partial charge in [-0.1, -0.05) is 42.5 Å². The molecular weight excluding hydrogens is 236 g/mol. The molecular formula is C15H14N4. The number of hydrogen-bond acceptors (Lipinski definition) is 4. The van der Waals surface area contributed by atoms with Crippen LogP contribution in [-0.2, 0) is 6.54 Å². The average molecular weight is 250 g/mol. The summed E-state index contributed by atoms with van der Waals surface area (Å²) in [6.07, 6.45) is 1.69. The summed E-state index contributed by atoms with van der Waals surface area (Å²) in [5.74, 6) is 1.08. The van der Waals surface area contributed by atoms with Gasteiger partial charge in [-0.2, -0.15) is 0 Å². The molecule has 0 aliphatic heterocycles. The lowest BCUT2D eigenvalue weighted by Gasteiger charge is -2.07. The first-order valence-corrected chi connectivity index (χ1v) is 6.09. The maximum absolute atomic E-state index is 5.88. The Balaban J connectivity index is 2.22. The van der Waals surface area contributed by atoms with Crippen molar-refractivity contribution < 1.29 is 0 Å². The van der Waals surface area contributed by atoms with Gasteiger partial charge >= 0.3 is 0 Å². The van der Waals surface area contributed by atoms with Gasteiger partial charge < -0.3 is 11.5 Å². The minimum absolute atomic E-state index is 0.349. The van der Waals surface area contributed by atoms with Crippen LogP contribution in [0.25, 0.3) is 22.2 Å². The van der Waals surface area contributed by atoms with Gasteiger partial charge in [0.15, 0.2) is 5.82 Å². The van der Waals surface area contributed by atoms with E-state index in [1.807, 2.05) is 24.3 Å². The van der Waals surface area contributed by atoms with Crippen molar-refractivity contribution in [1.82, 2.24) is 9.97 Å². The van der Waals surface area contributed by atoms with Gasteiger partial charge in [0, 0.05) is 23.9 Å². The van der Waals surface area contributed by atoms with Crippen LogP contribution in [0.1, 0.15) is 5.56 Å². The molecule has 0 spiro atoms. The van der Waals surface area contributed by atoms with Gasteiger partial charge in [-0.05, 0) is 10.8 Å². The highest BCUT2D eigenvalue weighted by molar-refractivity contribution is 5.95.